The molecule has 0 radical (unpaired) electrons. The van der Waals surface area contributed by atoms with Gasteiger partial charge in [0, 0.05) is 13.0 Å². The van der Waals surface area contributed by atoms with E-state index in [1.54, 1.807) is 12.2 Å². The molecule has 160 valence electrons. The van der Waals surface area contributed by atoms with Crippen molar-refractivity contribution < 1.29 is 19.5 Å². The maximum absolute atomic E-state index is 12.5. The number of rotatable bonds is 9. The quantitative estimate of drug-likeness (QED) is 0.589. The Morgan fingerprint density at radius 2 is 1.74 bits per heavy atom. The molecule has 1 saturated heterocycles. The molecule has 1 aliphatic heterocycles. The highest BCUT2D eigenvalue weighted by Gasteiger charge is 2.34. The second-order valence-corrected chi connectivity index (χ2v) is 8.01. The zero-order valence-electron chi connectivity index (χ0n) is 16.9. The first-order valence-corrected chi connectivity index (χ1v) is 10.8. The Labute approximate surface area is 185 Å². The fraction of sp³-hybridized carbons (Fsp3) is 0.208. The van der Waals surface area contributed by atoms with Crippen LogP contribution in [0.3, 0.4) is 0 Å². The third-order valence-corrected chi connectivity index (χ3v) is 5.61. The van der Waals surface area contributed by atoms with Gasteiger partial charge in [-0.3, -0.25) is 19.3 Å². The van der Waals surface area contributed by atoms with Crippen molar-refractivity contribution in [3.05, 3.63) is 88.8 Å². The average Bonchev–Trinajstić information content (AvgIpc) is 3.05. The van der Waals surface area contributed by atoms with E-state index >= 15 is 0 Å². The summed E-state index contributed by atoms with van der Waals surface area (Å²) in [6.45, 7) is -0.196. The summed E-state index contributed by atoms with van der Waals surface area (Å²) in [5, 5.41) is 11.9. The van der Waals surface area contributed by atoms with E-state index < -0.39 is 11.9 Å². The van der Waals surface area contributed by atoms with Crippen LogP contribution in [0.25, 0.3) is 6.08 Å². The number of benzene rings is 2. The maximum Gasteiger partial charge on any atom is 0.293 e. The van der Waals surface area contributed by atoms with E-state index in [0.29, 0.717) is 11.3 Å². The van der Waals surface area contributed by atoms with Crippen molar-refractivity contribution in [2.45, 2.75) is 18.9 Å². The Kier molecular flexibility index (Phi) is 8.20. The Morgan fingerprint density at radius 3 is 2.42 bits per heavy atom. The minimum Gasteiger partial charge on any atom is -0.394 e. The van der Waals surface area contributed by atoms with Gasteiger partial charge in [-0.2, -0.15) is 0 Å². The molecular weight excluding hydrogens is 412 g/mol. The second kappa shape index (κ2) is 11.3. The third-order valence-electron chi connectivity index (χ3n) is 4.68. The lowest BCUT2D eigenvalue weighted by Crippen LogP contribution is -2.41. The van der Waals surface area contributed by atoms with E-state index in [4.69, 9.17) is 0 Å². The third kappa shape index (κ3) is 6.67. The van der Waals surface area contributed by atoms with E-state index in [0.717, 1.165) is 27.8 Å². The number of hydrogen-bond donors (Lipinski definition) is 2. The first-order valence-electron chi connectivity index (χ1n) is 9.98. The van der Waals surface area contributed by atoms with Gasteiger partial charge < -0.3 is 10.4 Å². The number of amides is 3. The normalized spacial score (nSPS) is 16.3. The lowest BCUT2D eigenvalue weighted by Gasteiger charge is -2.18. The van der Waals surface area contributed by atoms with Crippen LogP contribution >= 0.6 is 11.8 Å². The number of allylic oxidation sites excluding steroid dienone is 2. The van der Waals surface area contributed by atoms with Gasteiger partial charge in [-0.05, 0) is 35.4 Å². The summed E-state index contributed by atoms with van der Waals surface area (Å²) in [6.07, 6.45) is 5.68. The predicted molar refractivity (Wildman–Crippen MR) is 122 cm³/mol. The molecule has 1 aliphatic rings. The van der Waals surface area contributed by atoms with Crippen molar-refractivity contribution in [2.75, 3.05) is 13.2 Å². The second-order valence-electron chi connectivity index (χ2n) is 7.01. The number of carbonyl (C=O) groups is 3. The van der Waals surface area contributed by atoms with Crippen LogP contribution in [0.1, 0.15) is 17.5 Å². The smallest absolute Gasteiger partial charge is 0.293 e. The first kappa shape index (κ1) is 22.5. The highest BCUT2D eigenvalue weighted by atomic mass is 32.2. The van der Waals surface area contributed by atoms with Crippen molar-refractivity contribution in [1.29, 1.82) is 0 Å². The van der Waals surface area contributed by atoms with Crippen molar-refractivity contribution in [2.24, 2.45) is 0 Å². The van der Waals surface area contributed by atoms with Crippen LogP contribution in [0, 0.1) is 0 Å². The summed E-state index contributed by atoms with van der Waals surface area (Å²) in [7, 11) is 0. The maximum atomic E-state index is 12.5. The summed E-state index contributed by atoms with van der Waals surface area (Å²) >= 11 is 0.864. The minimum absolute atomic E-state index is 0.000273. The molecule has 0 bridgehead atoms. The number of nitrogens with one attached hydrogen (secondary N) is 1. The molecule has 2 aromatic carbocycles. The van der Waals surface area contributed by atoms with Crippen LogP contribution < -0.4 is 5.32 Å². The summed E-state index contributed by atoms with van der Waals surface area (Å²) in [4.78, 5) is 38.4. The number of thioether (sulfide) groups is 1. The van der Waals surface area contributed by atoms with Crippen molar-refractivity contribution in [3.8, 4) is 0 Å². The molecular formula is C24H24N2O4S. The van der Waals surface area contributed by atoms with Crippen molar-refractivity contribution >= 4 is 34.9 Å². The van der Waals surface area contributed by atoms with Gasteiger partial charge in [0.2, 0.25) is 5.91 Å². The van der Waals surface area contributed by atoms with Gasteiger partial charge >= 0.3 is 0 Å². The Balaban J connectivity index is 1.50. The van der Waals surface area contributed by atoms with Gasteiger partial charge in [0.15, 0.2) is 0 Å². The lowest BCUT2D eigenvalue weighted by atomic mass is 10.1. The predicted octanol–water partition coefficient (Wildman–Crippen LogP) is 3.39. The van der Waals surface area contributed by atoms with Crippen molar-refractivity contribution in [3.63, 3.8) is 0 Å². The highest BCUT2D eigenvalue weighted by Crippen LogP contribution is 2.30. The van der Waals surface area contributed by atoms with Gasteiger partial charge in [0.05, 0.1) is 17.6 Å². The summed E-state index contributed by atoms with van der Waals surface area (Å²) in [5.74, 6) is -0.717. The zero-order valence-corrected chi connectivity index (χ0v) is 17.8. The molecule has 0 aliphatic carbocycles. The first-order chi connectivity index (χ1) is 15.1. The highest BCUT2D eigenvalue weighted by molar-refractivity contribution is 8.18. The van der Waals surface area contributed by atoms with Gasteiger partial charge in [0.1, 0.15) is 0 Å². The van der Waals surface area contributed by atoms with Gasteiger partial charge in [-0.1, -0.05) is 72.8 Å². The number of aliphatic hydroxyl groups is 1. The summed E-state index contributed by atoms with van der Waals surface area (Å²) in [5.41, 5.74) is 1.99. The lowest BCUT2D eigenvalue weighted by molar-refractivity contribution is -0.124. The molecule has 0 saturated carbocycles. The Bertz CT molecular complexity index is 974. The molecule has 1 atom stereocenters. The van der Waals surface area contributed by atoms with E-state index in [1.165, 1.54) is 0 Å². The van der Waals surface area contributed by atoms with Crippen LogP contribution in [0.15, 0.2) is 77.7 Å². The zero-order chi connectivity index (χ0) is 22.1. The van der Waals surface area contributed by atoms with E-state index in [1.807, 2.05) is 66.7 Å². The van der Waals surface area contributed by atoms with Crippen LogP contribution in [0.5, 0.6) is 0 Å². The molecule has 0 spiro atoms. The monoisotopic (exact) mass is 436 g/mol. The van der Waals surface area contributed by atoms with Gasteiger partial charge in [0.25, 0.3) is 11.1 Å². The molecule has 0 aromatic heterocycles. The number of imide groups is 1. The van der Waals surface area contributed by atoms with E-state index in [9.17, 15) is 19.5 Å². The Morgan fingerprint density at radius 1 is 1.06 bits per heavy atom. The molecule has 0 unspecified atom stereocenters. The summed E-state index contributed by atoms with van der Waals surface area (Å²) < 4.78 is 0. The van der Waals surface area contributed by atoms with Crippen LogP contribution in [-0.4, -0.2) is 46.3 Å². The SMILES string of the molecule is O=C(CCN1C(=O)S/C(=C/C=C/c2ccccc2)C1=O)N[C@@H](CO)Cc1ccccc1. The minimum atomic E-state index is -0.423. The molecule has 3 amide bonds. The van der Waals surface area contributed by atoms with E-state index in [-0.39, 0.29) is 30.7 Å². The number of aliphatic hydroxyl groups excluding tert-OH is 1. The molecule has 31 heavy (non-hydrogen) atoms. The molecule has 6 nitrogen and oxygen atoms in total. The molecule has 3 rings (SSSR count). The fourth-order valence-corrected chi connectivity index (χ4v) is 3.91. The number of hydrogen-bond acceptors (Lipinski definition) is 5. The molecule has 1 heterocycles. The van der Waals surface area contributed by atoms with Gasteiger partial charge in [-0.25, -0.2) is 0 Å². The molecule has 2 N–H and O–H groups in total. The topological polar surface area (TPSA) is 86.7 Å². The van der Waals surface area contributed by atoms with Crippen LogP contribution in [0.2, 0.25) is 0 Å². The molecule has 7 heteroatoms. The van der Waals surface area contributed by atoms with Gasteiger partial charge in [-0.15, -0.1) is 0 Å². The molecule has 2 aromatic rings. The van der Waals surface area contributed by atoms with E-state index in [2.05, 4.69) is 5.32 Å². The molecule has 1 fully saturated rings. The number of nitrogens with zero attached hydrogens (tertiary/aromatic N) is 1. The fourth-order valence-electron chi connectivity index (χ4n) is 3.09. The standard InChI is InChI=1S/C24H24N2O4S/c27-17-20(16-19-10-5-2-6-11-19)25-22(28)14-15-26-23(29)21(31-24(26)30)13-7-12-18-8-3-1-4-9-18/h1-13,20,27H,14-17H2,(H,25,28)/b12-7+,21-13+/t20-/m1/s1. The van der Waals surface area contributed by atoms with Crippen LogP contribution in [-0.2, 0) is 16.0 Å². The average molecular weight is 437 g/mol. The summed E-state index contributed by atoms with van der Waals surface area (Å²) in [6, 6.07) is 18.7. The number of carbonyl (C=O) groups excluding carboxylic acids is 3. The Hall–Kier alpha value is -3.16. The van der Waals surface area contributed by atoms with Crippen LogP contribution in [0.4, 0.5) is 4.79 Å². The largest absolute Gasteiger partial charge is 0.394 e. The van der Waals surface area contributed by atoms with Crippen molar-refractivity contribution in [1.82, 2.24) is 10.2 Å².